The molecule has 0 aromatic rings. The largest absolute Gasteiger partial charge is 3.00 e. The summed E-state index contributed by atoms with van der Waals surface area (Å²) in [6.07, 6.45) is 35.6. The first kappa shape index (κ1) is 59.8. The summed E-state index contributed by atoms with van der Waals surface area (Å²) in [5, 5.41) is 0. The molecule has 0 spiro atoms. The summed E-state index contributed by atoms with van der Waals surface area (Å²) in [7, 11) is -13.5. The zero-order valence-corrected chi connectivity index (χ0v) is 38.4. The predicted octanol–water partition coefficient (Wildman–Crippen LogP) is 9.77. The molecule has 0 fully saturated rings. The van der Waals surface area contributed by atoms with Crippen LogP contribution in [0.2, 0.25) is 0 Å². The van der Waals surface area contributed by atoms with Crippen LogP contribution in [0.4, 0.5) is 0 Å². The van der Waals surface area contributed by atoms with E-state index in [1.807, 2.05) is 0 Å². The van der Waals surface area contributed by atoms with E-state index >= 15 is 0 Å². The van der Waals surface area contributed by atoms with Crippen molar-refractivity contribution in [3.8, 4) is 0 Å². The average molecular weight is 918 g/mol. The predicted molar refractivity (Wildman–Crippen MR) is 209 cm³/mol. The summed E-state index contributed by atoms with van der Waals surface area (Å²) < 4.78 is 43.5. The van der Waals surface area contributed by atoms with Crippen molar-refractivity contribution in [1.29, 1.82) is 0 Å². The number of rotatable bonds is 36. The molecule has 3 atom stereocenters. The van der Waals surface area contributed by atoms with Gasteiger partial charge in [0.1, 0.15) is 0 Å². The van der Waals surface area contributed by atoms with Crippen LogP contribution < -0.4 is 14.7 Å². The zero-order valence-electron chi connectivity index (χ0n) is 33.1. The van der Waals surface area contributed by atoms with Gasteiger partial charge in [-0.1, -0.05) is 194 Å². The molecule has 0 aliphatic rings. The molecule has 2 radical (unpaired) electrons. The first-order chi connectivity index (χ1) is 24.2. The summed E-state index contributed by atoms with van der Waals surface area (Å²) in [6, 6.07) is 0. The SMILES string of the molecule is CCCCCCCCCCCCOP(=O)([O-])O.CCCCCCCCCCCCOP(=O)([O-])O.CCCCCCCCCCCCOP(=O)([O-])O.[Sb+3]. The Morgan fingerprint density at radius 1 is 0.327 bits per heavy atom. The smallest absolute Gasteiger partial charge is 0.756 e. The Bertz CT molecular complexity index is 720. The molecule has 0 aromatic heterocycles. The molecule has 3 N–H and O–H groups in total. The second kappa shape index (κ2) is 44.9. The molecule has 0 bridgehead atoms. The number of phosphoric acid groups is 3. The van der Waals surface area contributed by atoms with Crippen LogP contribution >= 0.6 is 23.5 Å². The topological polar surface area (TPSA) is 209 Å². The number of hydrogen-bond donors (Lipinski definition) is 3. The number of phosphoric ester groups is 3. The normalized spacial score (nSPS) is 14.5. The van der Waals surface area contributed by atoms with E-state index in [4.69, 9.17) is 14.7 Å². The average Bonchev–Trinajstić information content (AvgIpc) is 3.04. The van der Waals surface area contributed by atoms with Crippen LogP contribution in [0, 0.1) is 0 Å². The van der Waals surface area contributed by atoms with Gasteiger partial charge >= 0.3 is 24.4 Å². The van der Waals surface area contributed by atoms with Crippen molar-refractivity contribution in [2.75, 3.05) is 19.8 Å². The van der Waals surface area contributed by atoms with Gasteiger partial charge in [-0.25, -0.2) is 0 Å². The minimum Gasteiger partial charge on any atom is -0.756 e. The molecular weight excluding hydrogens is 839 g/mol. The maximum absolute atomic E-state index is 10.3. The Balaban J connectivity index is -0.000000329. The van der Waals surface area contributed by atoms with Gasteiger partial charge in [0.2, 0.25) is 0 Å². The molecule has 0 aliphatic heterocycles. The molecule has 0 amide bonds. The zero-order chi connectivity index (χ0) is 39.0. The standard InChI is InChI=1S/3C12H27O4P.Sb/c3*1-2-3-4-5-6-7-8-9-10-11-12-16-17(13,14)15;/h3*2-12H2,1H3,(H2,13,14,15);/q;;;+3/p-3. The molecule has 0 saturated heterocycles. The van der Waals surface area contributed by atoms with Gasteiger partial charge in [0, 0.05) is 0 Å². The van der Waals surface area contributed by atoms with Crippen molar-refractivity contribution in [3.05, 3.63) is 0 Å². The van der Waals surface area contributed by atoms with Gasteiger partial charge in [-0.2, -0.15) is 0 Å². The molecule has 16 heteroatoms. The third kappa shape index (κ3) is 69.1. The Morgan fingerprint density at radius 3 is 0.596 bits per heavy atom. The molecule has 0 aromatic carbocycles. The van der Waals surface area contributed by atoms with E-state index in [2.05, 4.69) is 34.3 Å². The Hall–Kier alpha value is 1.15. The summed E-state index contributed by atoms with van der Waals surface area (Å²) in [5.74, 6) is 0. The summed E-state index contributed by atoms with van der Waals surface area (Å²) in [5.41, 5.74) is 0. The van der Waals surface area contributed by atoms with Gasteiger partial charge in [0.15, 0.2) is 0 Å². The molecule has 0 heterocycles. The summed E-state index contributed by atoms with van der Waals surface area (Å²) >= 11 is 0. The first-order valence-corrected chi connectivity index (χ1v) is 24.7. The van der Waals surface area contributed by atoms with E-state index in [9.17, 15) is 28.4 Å². The van der Waals surface area contributed by atoms with Crippen LogP contribution in [0.1, 0.15) is 213 Å². The third-order valence-corrected chi connectivity index (χ3v) is 9.78. The molecule has 12 nitrogen and oxygen atoms in total. The Labute approximate surface area is 336 Å². The summed E-state index contributed by atoms with van der Waals surface area (Å²) in [6.45, 7) is 6.97. The molecule has 3 unspecified atom stereocenters. The van der Waals surface area contributed by atoms with Gasteiger partial charge in [-0.05, 0) is 19.3 Å². The van der Waals surface area contributed by atoms with Crippen LogP contribution in [0.25, 0.3) is 0 Å². The van der Waals surface area contributed by atoms with Crippen molar-refractivity contribution in [2.45, 2.75) is 213 Å². The quantitative estimate of drug-likeness (QED) is 0.0305. The van der Waals surface area contributed by atoms with E-state index in [1.54, 1.807) is 0 Å². The van der Waals surface area contributed by atoms with Crippen molar-refractivity contribution in [1.82, 2.24) is 0 Å². The first-order valence-electron chi connectivity index (χ1n) is 20.2. The van der Waals surface area contributed by atoms with Crippen LogP contribution in [0.5, 0.6) is 0 Å². The van der Waals surface area contributed by atoms with Crippen molar-refractivity contribution in [3.63, 3.8) is 0 Å². The van der Waals surface area contributed by atoms with E-state index < -0.39 is 23.5 Å². The van der Waals surface area contributed by atoms with Crippen LogP contribution in [0.3, 0.4) is 0 Å². The van der Waals surface area contributed by atoms with Gasteiger partial charge in [-0.3, -0.25) is 13.7 Å². The molecule has 0 aliphatic carbocycles. The molecule has 0 rings (SSSR count). The Morgan fingerprint density at radius 2 is 0.462 bits per heavy atom. The molecule has 52 heavy (non-hydrogen) atoms. The number of unbranched alkanes of at least 4 members (excludes halogenated alkanes) is 27. The molecule has 314 valence electrons. The second-order valence-corrected chi connectivity index (χ2v) is 17.0. The van der Waals surface area contributed by atoms with E-state index in [-0.39, 0.29) is 44.2 Å². The van der Waals surface area contributed by atoms with Crippen LogP contribution in [-0.4, -0.2) is 58.9 Å². The van der Waals surface area contributed by atoms with Gasteiger partial charge in [0.05, 0.1) is 19.8 Å². The van der Waals surface area contributed by atoms with Crippen molar-refractivity contribution >= 4 is 47.9 Å². The van der Waals surface area contributed by atoms with Crippen LogP contribution in [-0.2, 0) is 27.3 Å². The van der Waals surface area contributed by atoms with Gasteiger partial charge in [0.25, 0.3) is 23.5 Å². The van der Waals surface area contributed by atoms with E-state index in [0.29, 0.717) is 19.3 Å². The number of hydrogen-bond acceptors (Lipinski definition) is 9. The van der Waals surface area contributed by atoms with Crippen molar-refractivity contribution < 1.29 is 56.6 Å². The van der Waals surface area contributed by atoms with Gasteiger partial charge in [-0.15, -0.1) is 0 Å². The Kier molecular flexibility index (Phi) is 51.6. The van der Waals surface area contributed by atoms with Crippen LogP contribution in [0.15, 0.2) is 0 Å². The molecule has 0 saturated carbocycles. The molecular formula is C36H78O12P3Sb. The summed E-state index contributed by atoms with van der Waals surface area (Å²) in [4.78, 5) is 55.8. The second-order valence-electron chi connectivity index (χ2n) is 13.5. The fourth-order valence-electron chi connectivity index (χ4n) is 5.31. The maximum atomic E-state index is 10.3. The third-order valence-electron chi connectivity index (χ3n) is 8.26. The minimum absolute atomic E-state index is 0. The van der Waals surface area contributed by atoms with E-state index in [1.165, 1.54) is 135 Å². The fraction of sp³-hybridized carbons (Fsp3) is 1.00. The monoisotopic (exact) mass is 916 g/mol. The maximum Gasteiger partial charge on any atom is 3.00 e. The van der Waals surface area contributed by atoms with Gasteiger partial charge < -0.3 is 42.9 Å². The minimum atomic E-state index is -4.49. The fourth-order valence-corrected chi connectivity index (χ4v) is 6.39. The van der Waals surface area contributed by atoms with E-state index in [0.717, 1.165) is 38.5 Å². The van der Waals surface area contributed by atoms with Crippen molar-refractivity contribution in [2.24, 2.45) is 0 Å².